The van der Waals surface area contributed by atoms with Gasteiger partial charge in [0.05, 0.1) is 10.5 Å². The maximum Gasteiger partial charge on any atom is 0.335 e. The molecule has 0 aliphatic rings. The largest absolute Gasteiger partial charge is 0.478 e. The van der Waals surface area contributed by atoms with E-state index < -0.39 is 16.0 Å². The molecule has 8 heteroatoms. The van der Waals surface area contributed by atoms with Crippen molar-refractivity contribution in [2.24, 2.45) is 5.14 Å². The van der Waals surface area contributed by atoms with Gasteiger partial charge in [-0.05, 0) is 52.9 Å². The zero-order chi connectivity index (χ0) is 22.2. The number of anilines is 1. The number of fused-ring (bicyclic) bond motifs is 1. The van der Waals surface area contributed by atoms with Gasteiger partial charge >= 0.3 is 5.97 Å². The number of benzene rings is 3. The molecule has 0 aliphatic carbocycles. The average Bonchev–Trinajstić information content (AvgIpc) is 3.26. The van der Waals surface area contributed by atoms with Crippen molar-refractivity contribution in [2.45, 2.75) is 17.9 Å². The zero-order valence-corrected chi connectivity index (χ0v) is 18.2. The molecule has 1 heterocycles. The van der Waals surface area contributed by atoms with E-state index in [1.807, 2.05) is 48.7 Å². The van der Waals surface area contributed by atoms with Crippen molar-refractivity contribution in [3.05, 3.63) is 83.2 Å². The van der Waals surface area contributed by atoms with Gasteiger partial charge < -0.3 is 10.4 Å². The molecule has 1 atom stereocenters. The maximum absolute atomic E-state index is 12.3. The summed E-state index contributed by atoms with van der Waals surface area (Å²) in [6.45, 7) is 1.94. The summed E-state index contributed by atoms with van der Waals surface area (Å²) in [4.78, 5) is 12.1. The van der Waals surface area contributed by atoms with Crippen LogP contribution in [0.1, 0.15) is 28.9 Å². The number of hydrogen-bond acceptors (Lipinski definition) is 5. The van der Waals surface area contributed by atoms with Gasteiger partial charge in [-0.3, -0.25) is 0 Å². The van der Waals surface area contributed by atoms with Crippen LogP contribution in [0.15, 0.2) is 77.0 Å². The fraction of sp³-hybridized carbons (Fsp3) is 0.0870. The van der Waals surface area contributed by atoms with Crippen LogP contribution in [0.3, 0.4) is 0 Å². The van der Waals surface area contributed by atoms with E-state index in [9.17, 15) is 18.3 Å². The Hall–Kier alpha value is -3.20. The maximum atomic E-state index is 12.3. The van der Waals surface area contributed by atoms with Crippen molar-refractivity contribution in [1.29, 1.82) is 0 Å². The molecule has 0 amide bonds. The fourth-order valence-corrected chi connectivity index (χ4v) is 5.20. The second kappa shape index (κ2) is 8.14. The third kappa shape index (κ3) is 4.32. The molecule has 158 valence electrons. The summed E-state index contributed by atoms with van der Waals surface area (Å²) in [5.41, 5.74) is 1.59. The van der Waals surface area contributed by atoms with Crippen molar-refractivity contribution < 1.29 is 18.3 Å². The summed E-state index contributed by atoms with van der Waals surface area (Å²) in [6.07, 6.45) is 0. The lowest BCUT2D eigenvalue weighted by Crippen LogP contribution is -2.17. The summed E-state index contributed by atoms with van der Waals surface area (Å²) in [7, 11) is -4.16. The van der Waals surface area contributed by atoms with E-state index in [4.69, 9.17) is 5.14 Å². The van der Waals surface area contributed by atoms with E-state index in [0.717, 1.165) is 22.4 Å². The lowest BCUT2D eigenvalue weighted by atomic mass is 10.0. The predicted octanol–water partition coefficient (Wildman–Crippen LogP) is 5.09. The Kier molecular flexibility index (Phi) is 5.53. The standard InChI is InChI=1S/C23H20N2O4S2/c1-14(16-9-8-15-5-2-3-6-17(15)11-16)25-19-12-18(23(26)27)13-21(31(24,28)29)22(19)20-7-4-10-30-20/h2-14,25H,1H3,(H,26,27)(H2,24,28,29). The number of carboxylic acid groups (broad SMARTS) is 1. The highest BCUT2D eigenvalue weighted by Crippen LogP contribution is 2.39. The van der Waals surface area contributed by atoms with Gasteiger partial charge in [0.2, 0.25) is 10.0 Å². The van der Waals surface area contributed by atoms with E-state index >= 15 is 0 Å². The van der Waals surface area contributed by atoms with E-state index in [1.54, 1.807) is 12.1 Å². The highest BCUT2D eigenvalue weighted by atomic mass is 32.2. The summed E-state index contributed by atoms with van der Waals surface area (Å²) >= 11 is 1.35. The molecule has 0 saturated heterocycles. The van der Waals surface area contributed by atoms with Crippen LogP contribution in [0.5, 0.6) is 0 Å². The zero-order valence-electron chi connectivity index (χ0n) is 16.6. The van der Waals surface area contributed by atoms with Gasteiger partial charge in [-0.1, -0.05) is 42.5 Å². The fourth-order valence-electron chi connectivity index (χ4n) is 3.55. The lowest BCUT2D eigenvalue weighted by Gasteiger charge is -2.21. The van der Waals surface area contributed by atoms with E-state index in [1.165, 1.54) is 17.4 Å². The number of hydrogen-bond donors (Lipinski definition) is 3. The van der Waals surface area contributed by atoms with Crippen LogP contribution < -0.4 is 10.5 Å². The summed E-state index contributed by atoms with van der Waals surface area (Å²) in [5, 5.41) is 22.3. The second-order valence-corrected chi connectivity index (χ2v) is 9.67. The number of carboxylic acids is 1. The topological polar surface area (TPSA) is 109 Å². The Morgan fingerprint density at radius 3 is 2.42 bits per heavy atom. The lowest BCUT2D eigenvalue weighted by molar-refractivity contribution is 0.0696. The number of sulfonamides is 1. The molecule has 1 aromatic heterocycles. The average molecular weight is 453 g/mol. The summed E-state index contributed by atoms with van der Waals surface area (Å²) in [5.74, 6) is -1.23. The van der Waals surface area contributed by atoms with E-state index in [0.29, 0.717) is 16.1 Å². The minimum atomic E-state index is -4.16. The molecule has 4 rings (SSSR count). The van der Waals surface area contributed by atoms with Crippen molar-refractivity contribution in [1.82, 2.24) is 0 Å². The number of rotatable bonds is 6. The second-order valence-electron chi connectivity index (χ2n) is 7.20. The molecule has 1 unspecified atom stereocenters. The highest BCUT2D eigenvalue weighted by molar-refractivity contribution is 7.89. The smallest absolute Gasteiger partial charge is 0.335 e. The van der Waals surface area contributed by atoms with Crippen LogP contribution in [0.4, 0.5) is 5.69 Å². The van der Waals surface area contributed by atoms with Crippen LogP contribution >= 0.6 is 11.3 Å². The highest BCUT2D eigenvalue weighted by Gasteiger charge is 2.24. The van der Waals surface area contributed by atoms with Crippen molar-refractivity contribution in [2.75, 3.05) is 5.32 Å². The quantitative estimate of drug-likeness (QED) is 0.378. The molecule has 6 nitrogen and oxygen atoms in total. The first-order valence-electron chi connectivity index (χ1n) is 9.47. The summed E-state index contributed by atoms with van der Waals surface area (Å²) in [6, 6.07) is 20.0. The van der Waals surface area contributed by atoms with Crippen LogP contribution in [-0.4, -0.2) is 19.5 Å². The Morgan fingerprint density at radius 2 is 1.77 bits per heavy atom. The molecule has 4 N–H and O–H groups in total. The first-order chi connectivity index (χ1) is 14.7. The molecular formula is C23H20N2O4S2. The third-order valence-electron chi connectivity index (χ3n) is 5.07. The number of carbonyl (C=O) groups is 1. The molecular weight excluding hydrogens is 432 g/mol. The molecule has 3 aromatic carbocycles. The van der Waals surface area contributed by atoms with Gasteiger partial charge in [0.1, 0.15) is 0 Å². The molecule has 31 heavy (non-hydrogen) atoms. The Morgan fingerprint density at radius 1 is 1.03 bits per heavy atom. The van der Waals surface area contributed by atoms with Gasteiger partial charge in [-0.15, -0.1) is 11.3 Å². The predicted molar refractivity (Wildman–Crippen MR) is 124 cm³/mol. The summed E-state index contributed by atoms with van der Waals surface area (Å²) < 4.78 is 24.7. The van der Waals surface area contributed by atoms with Crippen LogP contribution in [-0.2, 0) is 10.0 Å². The van der Waals surface area contributed by atoms with E-state index in [-0.39, 0.29) is 16.5 Å². The van der Waals surface area contributed by atoms with Gasteiger partial charge in [0, 0.05) is 22.2 Å². The molecule has 4 aromatic rings. The van der Waals surface area contributed by atoms with Gasteiger partial charge in [0.25, 0.3) is 0 Å². The third-order valence-corrected chi connectivity index (χ3v) is 6.89. The van der Waals surface area contributed by atoms with Crippen LogP contribution in [0.2, 0.25) is 0 Å². The van der Waals surface area contributed by atoms with Gasteiger partial charge in [0.15, 0.2) is 0 Å². The Balaban J connectivity index is 1.85. The SMILES string of the molecule is CC(Nc1cc(C(=O)O)cc(S(N)(=O)=O)c1-c1cccs1)c1ccc2ccccc2c1. The molecule has 0 bridgehead atoms. The van der Waals surface area contributed by atoms with Crippen LogP contribution in [0, 0.1) is 0 Å². The number of aromatic carboxylic acids is 1. The van der Waals surface area contributed by atoms with E-state index in [2.05, 4.69) is 11.4 Å². The monoisotopic (exact) mass is 452 g/mol. The minimum absolute atomic E-state index is 0.155. The number of nitrogens with one attached hydrogen (secondary N) is 1. The van der Waals surface area contributed by atoms with Gasteiger partial charge in [-0.2, -0.15) is 0 Å². The molecule has 0 saturated carbocycles. The molecule has 0 radical (unpaired) electrons. The number of thiophene rings is 1. The van der Waals surface area contributed by atoms with Crippen LogP contribution in [0.25, 0.3) is 21.2 Å². The first kappa shape index (κ1) is 21.0. The first-order valence-corrected chi connectivity index (χ1v) is 11.9. The molecule has 0 fully saturated rings. The number of nitrogens with two attached hydrogens (primary N) is 1. The molecule has 0 spiro atoms. The Bertz CT molecular complexity index is 1380. The van der Waals surface area contributed by atoms with Gasteiger partial charge in [-0.25, -0.2) is 18.4 Å². The normalized spacial score (nSPS) is 12.6. The van der Waals surface area contributed by atoms with Crippen molar-refractivity contribution in [3.63, 3.8) is 0 Å². The Labute approximate surface area is 184 Å². The molecule has 0 aliphatic heterocycles. The van der Waals surface area contributed by atoms with Crippen molar-refractivity contribution in [3.8, 4) is 10.4 Å². The minimum Gasteiger partial charge on any atom is -0.478 e. The van der Waals surface area contributed by atoms with Crippen molar-refractivity contribution >= 4 is 43.8 Å². The number of primary sulfonamides is 1.